The number of amides is 1. The zero-order valence-electron chi connectivity index (χ0n) is 22.4. The van der Waals surface area contributed by atoms with Crippen molar-refractivity contribution in [2.45, 2.75) is 65.8 Å². The molecule has 0 spiro atoms. The van der Waals surface area contributed by atoms with E-state index in [0.29, 0.717) is 11.6 Å². The molecule has 36 heavy (non-hydrogen) atoms. The number of hydrogen-bond acceptors (Lipinski definition) is 5. The van der Waals surface area contributed by atoms with Gasteiger partial charge in [-0.15, -0.1) is 0 Å². The predicted octanol–water partition coefficient (Wildman–Crippen LogP) is 3.94. The Bertz CT molecular complexity index is 994. The second kappa shape index (κ2) is 13.0. The molecule has 2 aromatic carbocycles. The molecule has 7 nitrogen and oxygen atoms in total. The van der Waals surface area contributed by atoms with Crippen molar-refractivity contribution in [2.24, 2.45) is 0 Å². The number of carboxylic acid groups (broad SMARTS) is 1. The number of carbonyl (C=O) groups excluding carboxylic acids is 1. The number of rotatable bonds is 11. The van der Waals surface area contributed by atoms with Crippen LogP contribution < -0.4 is 5.32 Å². The van der Waals surface area contributed by atoms with Crippen LogP contribution in [0.2, 0.25) is 0 Å². The van der Waals surface area contributed by atoms with E-state index < -0.39 is 5.97 Å². The number of hydrogen-bond donors (Lipinski definition) is 2. The Hall–Kier alpha value is -2.74. The first kappa shape index (κ1) is 27.8. The molecular weight excluding hydrogens is 452 g/mol. The smallest absolute Gasteiger partial charge is 0.335 e. The van der Waals surface area contributed by atoms with Crippen molar-refractivity contribution >= 4 is 11.9 Å². The highest BCUT2D eigenvalue weighted by atomic mass is 16.4. The molecule has 3 atom stereocenters. The van der Waals surface area contributed by atoms with Gasteiger partial charge in [0.2, 0.25) is 0 Å². The second-order valence-electron chi connectivity index (χ2n) is 10.1. The molecule has 1 heterocycles. The Morgan fingerprint density at radius 2 is 1.64 bits per heavy atom. The molecule has 0 bridgehead atoms. The van der Waals surface area contributed by atoms with Gasteiger partial charge >= 0.3 is 5.97 Å². The molecule has 1 amide bonds. The number of aromatic carboxylic acids is 1. The molecule has 1 saturated heterocycles. The van der Waals surface area contributed by atoms with Gasteiger partial charge in [0.15, 0.2) is 0 Å². The Balaban J connectivity index is 1.59. The van der Waals surface area contributed by atoms with E-state index in [0.717, 1.165) is 62.5 Å². The lowest BCUT2D eigenvalue weighted by atomic mass is 10.0. The summed E-state index contributed by atoms with van der Waals surface area (Å²) >= 11 is 0. The fraction of sp³-hybridized carbons (Fsp3) is 0.517. The van der Waals surface area contributed by atoms with Gasteiger partial charge in [0.05, 0.1) is 5.56 Å². The maximum absolute atomic E-state index is 13.5. The molecule has 2 N–H and O–H groups in total. The van der Waals surface area contributed by atoms with Crippen LogP contribution in [0.3, 0.4) is 0 Å². The lowest BCUT2D eigenvalue weighted by Gasteiger charge is -2.44. The Labute approximate surface area is 216 Å². The summed E-state index contributed by atoms with van der Waals surface area (Å²) in [6.45, 7) is 16.9. The number of nitrogens with one attached hydrogen (secondary N) is 1. The van der Waals surface area contributed by atoms with E-state index in [2.05, 4.69) is 55.8 Å². The topological polar surface area (TPSA) is 76.1 Å². The highest BCUT2D eigenvalue weighted by Crippen LogP contribution is 2.21. The number of piperazine rings is 1. The van der Waals surface area contributed by atoms with Gasteiger partial charge in [0.25, 0.3) is 5.91 Å². The van der Waals surface area contributed by atoms with Crippen molar-refractivity contribution in [3.05, 3.63) is 70.8 Å². The quantitative estimate of drug-likeness (QED) is 0.493. The average Bonchev–Trinajstić information content (AvgIpc) is 2.86. The molecule has 3 rings (SSSR count). The normalized spacial score (nSPS) is 19.4. The summed E-state index contributed by atoms with van der Waals surface area (Å²) in [5, 5.41) is 12.7. The monoisotopic (exact) mass is 494 g/mol. The van der Waals surface area contributed by atoms with Gasteiger partial charge in [0, 0.05) is 56.4 Å². The van der Waals surface area contributed by atoms with E-state index in [9.17, 15) is 9.59 Å². The fourth-order valence-corrected chi connectivity index (χ4v) is 5.16. The van der Waals surface area contributed by atoms with Gasteiger partial charge in [-0.1, -0.05) is 38.1 Å². The number of nitrogens with zero attached hydrogens (tertiary/aromatic N) is 3. The molecule has 0 radical (unpaired) electrons. The number of carboxylic acids is 1. The number of carbonyl (C=O) groups is 2. The maximum Gasteiger partial charge on any atom is 0.335 e. The third kappa shape index (κ3) is 7.38. The van der Waals surface area contributed by atoms with Crippen LogP contribution in [0, 0.1) is 0 Å². The van der Waals surface area contributed by atoms with Crippen LogP contribution in [-0.2, 0) is 13.1 Å². The molecule has 1 unspecified atom stereocenters. The molecule has 1 aliphatic heterocycles. The molecule has 196 valence electrons. The molecule has 2 aromatic rings. The van der Waals surface area contributed by atoms with E-state index in [1.165, 1.54) is 0 Å². The summed E-state index contributed by atoms with van der Waals surface area (Å²) < 4.78 is 0. The summed E-state index contributed by atoms with van der Waals surface area (Å²) in [6.07, 6.45) is 0. The molecular formula is C29H42N4O3. The van der Waals surface area contributed by atoms with Crippen LogP contribution in [0.1, 0.15) is 66.5 Å². The van der Waals surface area contributed by atoms with Gasteiger partial charge in [0.1, 0.15) is 0 Å². The van der Waals surface area contributed by atoms with Gasteiger partial charge in [-0.25, -0.2) is 4.79 Å². The van der Waals surface area contributed by atoms with Crippen molar-refractivity contribution in [1.29, 1.82) is 0 Å². The molecule has 0 aliphatic carbocycles. The van der Waals surface area contributed by atoms with Crippen molar-refractivity contribution in [3.63, 3.8) is 0 Å². The van der Waals surface area contributed by atoms with Gasteiger partial charge in [-0.3, -0.25) is 9.69 Å². The molecule has 7 heteroatoms. The molecule has 0 saturated carbocycles. The third-order valence-electron chi connectivity index (χ3n) is 7.09. The van der Waals surface area contributed by atoms with Crippen molar-refractivity contribution in [1.82, 2.24) is 20.0 Å². The lowest BCUT2D eigenvalue weighted by molar-refractivity contribution is 0.0268. The van der Waals surface area contributed by atoms with Gasteiger partial charge in [-0.05, 0) is 69.3 Å². The first-order chi connectivity index (χ1) is 17.2. The van der Waals surface area contributed by atoms with Crippen LogP contribution in [0.4, 0.5) is 0 Å². The summed E-state index contributed by atoms with van der Waals surface area (Å²) in [5.74, 6) is -0.830. The van der Waals surface area contributed by atoms with Crippen molar-refractivity contribution in [2.75, 3.05) is 32.7 Å². The largest absolute Gasteiger partial charge is 0.478 e. The Morgan fingerprint density at radius 3 is 2.22 bits per heavy atom. The minimum Gasteiger partial charge on any atom is -0.478 e. The summed E-state index contributed by atoms with van der Waals surface area (Å²) in [6, 6.07) is 15.6. The molecule has 1 aliphatic rings. The van der Waals surface area contributed by atoms with Crippen LogP contribution in [-0.4, -0.2) is 82.5 Å². The predicted molar refractivity (Wildman–Crippen MR) is 144 cm³/mol. The van der Waals surface area contributed by atoms with E-state index >= 15 is 0 Å². The second-order valence-corrected chi connectivity index (χ2v) is 10.1. The highest BCUT2D eigenvalue weighted by molar-refractivity contribution is 5.95. The molecule has 1 fully saturated rings. The highest BCUT2D eigenvalue weighted by Gasteiger charge is 2.33. The van der Waals surface area contributed by atoms with Crippen LogP contribution >= 0.6 is 0 Å². The number of likely N-dealkylation sites (N-methyl/N-ethyl adjacent to an activating group) is 1. The van der Waals surface area contributed by atoms with Crippen LogP contribution in [0.25, 0.3) is 0 Å². The summed E-state index contributed by atoms with van der Waals surface area (Å²) in [4.78, 5) is 31.4. The zero-order chi connectivity index (χ0) is 26.2. The van der Waals surface area contributed by atoms with Gasteiger partial charge in [-0.2, -0.15) is 0 Å². The Kier molecular flexibility index (Phi) is 10.0. The Morgan fingerprint density at radius 1 is 1.00 bits per heavy atom. The average molecular weight is 495 g/mol. The minimum absolute atomic E-state index is 0.0791. The van der Waals surface area contributed by atoms with E-state index in [4.69, 9.17) is 5.11 Å². The SMILES string of the molecule is CCN(CC)CC(C)NCc1cccc(C(=O)N2[C@H](C)CN(Cc3ccc(C(=O)O)cc3)C[C@@H]2C)c1. The minimum atomic E-state index is -0.912. The van der Waals surface area contributed by atoms with E-state index in [1.54, 1.807) is 12.1 Å². The van der Waals surface area contributed by atoms with Crippen LogP contribution in [0.5, 0.6) is 0 Å². The third-order valence-corrected chi connectivity index (χ3v) is 7.09. The van der Waals surface area contributed by atoms with Crippen LogP contribution in [0.15, 0.2) is 48.5 Å². The van der Waals surface area contributed by atoms with Gasteiger partial charge < -0.3 is 20.2 Å². The zero-order valence-corrected chi connectivity index (χ0v) is 22.4. The van der Waals surface area contributed by atoms with Crippen molar-refractivity contribution < 1.29 is 14.7 Å². The lowest BCUT2D eigenvalue weighted by Crippen LogP contribution is -2.58. The fourth-order valence-electron chi connectivity index (χ4n) is 5.16. The first-order valence-corrected chi connectivity index (χ1v) is 13.1. The maximum atomic E-state index is 13.5. The summed E-state index contributed by atoms with van der Waals surface area (Å²) in [5.41, 5.74) is 3.24. The van der Waals surface area contributed by atoms with E-state index in [1.807, 2.05) is 35.2 Å². The van der Waals surface area contributed by atoms with Crippen molar-refractivity contribution in [3.8, 4) is 0 Å². The summed E-state index contributed by atoms with van der Waals surface area (Å²) in [7, 11) is 0. The first-order valence-electron chi connectivity index (χ1n) is 13.1. The molecule has 0 aromatic heterocycles. The van der Waals surface area contributed by atoms with E-state index in [-0.39, 0.29) is 18.0 Å². The number of benzene rings is 2. The standard InChI is InChI=1S/C29H42N4O3/c1-6-31(7-2)17-21(3)30-16-25-9-8-10-27(15-25)28(34)33-22(4)18-32(19-23(33)5)20-24-11-13-26(14-12-24)29(35)36/h8-15,21-23,30H,6-7,16-20H2,1-5H3,(H,35,36)/t21?,22-,23+.